The number of carbonyl (C=O) groups excluding carboxylic acids is 1. The van der Waals surface area contributed by atoms with Gasteiger partial charge in [0.2, 0.25) is 17.7 Å². The van der Waals surface area contributed by atoms with Gasteiger partial charge in [0.25, 0.3) is 0 Å². The van der Waals surface area contributed by atoms with Crippen LogP contribution < -0.4 is 14.2 Å². The molecule has 2 aromatic carbocycles. The summed E-state index contributed by atoms with van der Waals surface area (Å²) in [6.45, 7) is 0. The largest absolute Gasteiger partial charge is 0.497 e. The number of Topliss-reactive ketones (excluding diaryl/α,β-unsaturated/α-hetero) is 1. The number of hydrogen-bond donors (Lipinski definition) is 0. The summed E-state index contributed by atoms with van der Waals surface area (Å²) >= 11 is 0. The molecule has 112 valence electrons. The lowest BCUT2D eigenvalue weighted by atomic mass is 9.87. The van der Waals surface area contributed by atoms with Crippen LogP contribution in [-0.2, 0) is 10.3 Å². The summed E-state index contributed by atoms with van der Waals surface area (Å²) in [6, 6.07) is 12.5. The van der Waals surface area contributed by atoms with E-state index in [1.807, 2.05) is 18.2 Å². The number of epoxide rings is 1. The molecule has 0 aromatic heterocycles. The standard InChI is InChI=1S/C17H14O5/c1-19-10-7-8-11-14(9-10)21-16-17(22-16,15(11)18)12-5-3-4-6-13(12)20-2/h3-9,16H,1-2H3/t16-,17-/m0/s1. The molecule has 2 atom stereocenters. The van der Waals surface area contributed by atoms with Crippen molar-refractivity contribution in [2.45, 2.75) is 11.9 Å². The molecular weight excluding hydrogens is 284 g/mol. The molecule has 1 saturated heterocycles. The van der Waals surface area contributed by atoms with Gasteiger partial charge in [0.1, 0.15) is 17.2 Å². The van der Waals surface area contributed by atoms with Crippen molar-refractivity contribution >= 4 is 5.78 Å². The second kappa shape index (κ2) is 4.48. The van der Waals surface area contributed by atoms with Gasteiger partial charge >= 0.3 is 0 Å². The van der Waals surface area contributed by atoms with E-state index in [-0.39, 0.29) is 5.78 Å². The Morgan fingerprint density at radius 1 is 1.09 bits per heavy atom. The van der Waals surface area contributed by atoms with Gasteiger partial charge in [-0.1, -0.05) is 18.2 Å². The summed E-state index contributed by atoms with van der Waals surface area (Å²) in [4.78, 5) is 12.9. The normalized spacial score (nSPS) is 24.8. The Morgan fingerprint density at radius 2 is 1.91 bits per heavy atom. The number of benzene rings is 2. The first-order chi connectivity index (χ1) is 10.7. The van der Waals surface area contributed by atoms with Crippen LogP contribution in [0.1, 0.15) is 15.9 Å². The Hall–Kier alpha value is -2.53. The molecule has 0 N–H and O–H groups in total. The van der Waals surface area contributed by atoms with E-state index in [0.29, 0.717) is 28.4 Å². The molecule has 22 heavy (non-hydrogen) atoms. The second-order valence-electron chi connectivity index (χ2n) is 5.19. The molecule has 1 fully saturated rings. The van der Waals surface area contributed by atoms with E-state index >= 15 is 0 Å². The molecule has 2 aliphatic heterocycles. The van der Waals surface area contributed by atoms with Crippen molar-refractivity contribution in [3.05, 3.63) is 53.6 Å². The topological polar surface area (TPSA) is 57.3 Å². The summed E-state index contributed by atoms with van der Waals surface area (Å²) in [5.74, 6) is 1.61. The third-order valence-corrected chi connectivity index (χ3v) is 4.08. The first kappa shape index (κ1) is 13.2. The minimum absolute atomic E-state index is 0.120. The van der Waals surface area contributed by atoms with Crippen LogP contribution in [0.25, 0.3) is 0 Å². The lowest BCUT2D eigenvalue weighted by molar-refractivity contribution is 0.0860. The molecule has 2 heterocycles. The molecule has 2 aromatic rings. The molecule has 0 amide bonds. The van der Waals surface area contributed by atoms with Crippen LogP contribution in [0.15, 0.2) is 42.5 Å². The first-order valence-corrected chi connectivity index (χ1v) is 6.91. The Morgan fingerprint density at radius 3 is 2.68 bits per heavy atom. The van der Waals surface area contributed by atoms with Crippen molar-refractivity contribution in [2.24, 2.45) is 0 Å². The van der Waals surface area contributed by atoms with Crippen molar-refractivity contribution in [3.63, 3.8) is 0 Å². The summed E-state index contributed by atoms with van der Waals surface area (Å²) in [7, 11) is 3.14. The number of methoxy groups -OCH3 is 2. The molecule has 2 aliphatic rings. The zero-order chi connectivity index (χ0) is 15.3. The Balaban J connectivity index is 1.82. The van der Waals surface area contributed by atoms with Gasteiger partial charge in [-0.2, -0.15) is 0 Å². The van der Waals surface area contributed by atoms with Gasteiger partial charge < -0.3 is 18.9 Å². The Bertz CT molecular complexity index is 769. The average molecular weight is 298 g/mol. The number of fused-ring (bicyclic) bond motifs is 2. The summed E-state index contributed by atoms with van der Waals surface area (Å²) in [5, 5.41) is 0. The van der Waals surface area contributed by atoms with Gasteiger partial charge in [-0.15, -0.1) is 0 Å². The van der Waals surface area contributed by atoms with Crippen molar-refractivity contribution in [1.29, 1.82) is 0 Å². The second-order valence-corrected chi connectivity index (χ2v) is 5.19. The zero-order valence-electron chi connectivity index (χ0n) is 12.2. The molecule has 5 heteroatoms. The van der Waals surface area contributed by atoms with Crippen LogP contribution in [0, 0.1) is 0 Å². The van der Waals surface area contributed by atoms with Crippen LogP contribution in [-0.4, -0.2) is 26.3 Å². The van der Waals surface area contributed by atoms with E-state index in [0.717, 1.165) is 0 Å². The van der Waals surface area contributed by atoms with Crippen LogP contribution in [0.3, 0.4) is 0 Å². The molecule has 4 rings (SSSR count). The van der Waals surface area contributed by atoms with Crippen molar-refractivity contribution in [1.82, 2.24) is 0 Å². The smallest absolute Gasteiger partial charge is 0.243 e. The van der Waals surface area contributed by atoms with E-state index < -0.39 is 11.9 Å². The van der Waals surface area contributed by atoms with E-state index in [4.69, 9.17) is 18.9 Å². The third-order valence-electron chi connectivity index (χ3n) is 4.08. The van der Waals surface area contributed by atoms with Crippen molar-refractivity contribution in [3.8, 4) is 17.2 Å². The highest BCUT2D eigenvalue weighted by Gasteiger charge is 2.70. The van der Waals surface area contributed by atoms with Crippen LogP contribution in [0.2, 0.25) is 0 Å². The van der Waals surface area contributed by atoms with Crippen LogP contribution >= 0.6 is 0 Å². The maximum Gasteiger partial charge on any atom is 0.243 e. The predicted molar refractivity (Wildman–Crippen MR) is 77.5 cm³/mol. The minimum Gasteiger partial charge on any atom is -0.497 e. The Kier molecular flexibility index (Phi) is 2.68. The van der Waals surface area contributed by atoms with E-state index in [1.54, 1.807) is 38.5 Å². The van der Waals surface area contributed by atoms with E-state index in [1.165, 1.54) is 0 Å². The van der Waals surface area contributed by atoms with Gasteiger partial charge in [0.05, 0.1) is 19.8 Å². The van der Waals surface area contributed by atoms with Gasteiger partial charge in [0.15, 0.2) is 0 Å². The third kappa shape index (κ3) is 1.60. The number of carbonyl (C=O) groups is 1. The number of ether oxygens (including phenoxy) is 4. The molecule has 5 nitrogen and oxygen atoms in total. The minimum atomic E-state index is -1.10. The first-order valence-electron chi connectivity index (χ1n) is 6.91. The fourth-order valence-corrected chi connectivity index (χ4v) is 2.90. The van der Waals surface area contributed by atoms with Gasteiger partial charge in [-0.05, 0) is 18.2 Å². The summed E-state index contributed by atoms with van der Waals surface area (Å²) in [6.07, 6.45) is -0.629. The fourth-order valence-electron chi connectivity index (χ4n) is 2.90. The quantitative estimate of drug-likeness (QED) is 0.815. The van der Waals surface area contributed by atoms with Crippen molar-refractivity contribution < 1.29 is 23.7 Å². The highest BCUT2D eigenvalue weighted by Crippen LogP contribution is 2.56. The zero-order valence-corrected chi connectivity index (χ0v) is 12.2. The summed E-state index contributed by atoms with van der Waals surface area (Å²) < 4.78 is 22.0. The fraction of sp³-hybridized carbons (Fsp3) is 0.235. The maximum absolute atomic E-state index is 12.9. The molecule has 0 unspecified atom stereocenters. The number of ketones is 1. The SMILES string of the molecule is COc1ccc2c(c1)O[C@H]1O[C@@]1(c1ccccc1OC)C2=O. The number of hydrogen-bond acceptors (Lipinski definition) is 5. The van der Waals surface area contributed by atoms with Gasteiger partial charge in [-0.3, -0.25) is 4.79 Å². The van der Waals surface area contributed by atoms with Gasteiger partial charge in [-0.25, -0.2) is 0 Å². The average Bonchev–Trinajstić information content (AvgIpc) is 3.30. The monoisotopic (exact) mass is 298 g/mol. The highest BCUT2D eigenvalue weighted by molar-refractivity contribution is 6.08. The maximum atomic E-state index is 12.9. The molecule has 0 spiro atoms. The van der Waals surface area contributed by atoms with E-state index in [2.05, 4.69) is 0 Å². The number of rotatable bonds is 3. The lowest BCUT2D eigenvalue weighted by Crippen LogP contribution is -2.32. The molecule has 0 bridgehead atoms. The highest BCUT2D eigenvalue weighted by atomic mass is 16.8. The lowest BCUT2D eigenvalue weighted by Gasteiger charge is -2.21. The van der Waals surface area contributed by atoms with Crippen LogP contribution in [0.4, 0.5) is 0 Å². The molecule has 0 radical (unpaired) electrons. The van der Waals surface area contributed by atoms with E-state index in [9.17, 15) is 4.79 Å². The summed E-state index contributed by atoms with van der Waals surface area (Å²) in [5.41, 5.74) is 0.0724. The molecule has 0 saturated carbocycles. The Labute approximate surface area is 127 Å². The molecular formula is C17H14O5. The van der Waals surface area contributed by atoms with Crippen molar-refractivity contribution in [2.75, 3.05) is 14.2 Å². The predicted octanol–water partition coefficient (Wildman–Crippen LogP) is 2.53. The molecule has 0 aliphatic carbocycles. The van der Waals surface area contributed by atoms with Gasteiger partial charge in [0, 0.05) is 11.6 Å². The number of para-hydroxylation sites is 1. The van der Waals surface area contributed by atoms with Crippen LogP contribution in [0.5, 0.6) is 17.2 Å².